The molecule has 0 aliphatic rings. The maximum atomic E-state index is 12.0. The summed E-state index contributed by atoms with van der Waals surface area (Å²) in [5.74, 6) is -0.282. The van der Waals surface area contributed by atoms with Crippen LogP contribution in [0.25, 0.3) is 10.2 Å². The van der Waals surface area contributed by atoms with Crippen molar-refractivity contribution in [1.29, 1.82) is 0 Å². The van der Waals surface area contributed by atoms with Gasteiger partial charge in [0.05, 0.1) is 15.9 Å². The lowest BCUT2D eigenvalue weighted by Gasteiger charge is -2.00. The molecule has 0 saturated heterocycles. The molecule has 0 aliphatic heterocycles. The fourth-order valence-corrected chi connectivity index (χ4v) is 2.44. The molecule has 7 heteroatoms. The van der Waals surface area contributed by atoms with Crippen LogP contribution >= 0.6 is 11.3 Å². The fourth-order valence-electron chi connectivity index (χ4n) is 1.66. The Morgan fingerprint density at radius 3 is 3.00 bits per heavy atom. The van der Waals surface area contributed by atoms with Gasteiger partial charge in [0.25, 0.3) is 5.91 Å². The van der Waals surface area contributed by atoms with E-state index in [2.05, 4.69) is 15.3 Å². The predicted octanol–water partition coefficient (Wildman–Crippen LogP) is 2.43. The molecule has 3 rings (SSSR count). The Balaban J connectivity index is 1.88. The van der Waals surface area contributed by atoms with Gasteiger partial charge in [0, 0.05) is 5.56 Å². The van der Waals surface area contributed by atoms with Crippen LogP contribution in [-0.2, 0) is 0 Å². The van der Waals surface area contributed by atoms with E-state index in [4.69, 9.17) is 10.2 Å². The number of nitrogens with one attached hydrogen (secondary N) is 1. The van der Waals surface area contributed by atoms with E-state index in [0.717, 1.165) is 10.2 Å². The second-order valence-electron chi connectivity index (χ2n) is 3.98. The quantitative estimate of drug-likeness (QED) is 0.748. The van der Waals surface area contributed by atoms with Crippen molar-refractivity contribution in [2.75, 3.05) is 11.1 Å². The molecule has 1 amide bonds. The molecule has 0 atom stereocenters. The van der Waals surface area contributed by atoms with Crippen molar-refractivity contribution in [2.24, 2.45) is 0 Å². The minimum absolute atomic E-state index is 0.186. The highest BCUT2D eigenvalue weighted by atomic mass is 32.1. The van der Waals surface area contributed by atoms with Crippen molar-refractivity contribution in [2.45, 2.75) is 6.92 Å². The summed E-state index contributed by atoms with van der Waals surface area (Å²) in [6, 6.07) is 5.38. The van der Waals surface area contributed by atoms with Crippen molar-refractivity contribution >= 4 is 38.6 Å². The van der Waals surface area contributed by atoms with E-state index in [-0.39, 0.29) is 11.9 Å². The number of fused-ring (bicyclic) bond motifs is 1. The van der Waals surface area contributed by atoms with Gasteiger partial charge in [0.15, 0.2) is 5.13 Å². The standard InChI is InChI=1S/C12H10N4O2S/c1-6-5-18-12(14-6)16-10(17)7-2-3-8-9(4-7)19-11(13)15-8/h2-5H,1H3,(H2,13,15)(H,14,16,17). The summed E-state index contributed by atoms with van der Waals surface area (Å²) in [5.41, 5.74) is 7.62. The Labute approximate surface area is 112 Å². The molecule has 1 aromatic carbocycles. The summed E-state index contributed by atoms with van der Waals surface area (Å²) >= 11 is 1.34. The highest BCUT2D eigenvalue weighted by Crippen LogP contribution is 2.24. The van der Waals surface area contributed by atoms with Crippen LogP contribution < -0.4 is 11.1 Å². The Morgan fingerprint density at radius 1 is 1.42 bits per heavy atom. The topological polar surface area (TPSA) is 94.0 Å². The van der Waals surface area contributed by atoms with E-state index in [1.165, 1.54) is 17.6 Å². The van der Waals surface area contributed by atoms with Gasteiger partial charge in [0.1, 0.15) is 6.26 Å². The number of nitrogens with zero attached hydrogens (tertiary/aromatic N) is 2. The molecule has 19 heavy (non-hydrogen) atoms. The average Bonchev–Trinajstić information content (AvgIpc) is 2.93. The summed E-state index contributed by atoms with van der Waals surface area (Å²) in [5, 5.41) is 3.07. The maximum Gasteiger partial charge on any atom is 0.301 e. The number of amides is 1. The first-order chi connectivity index (χ1) is 9.11. The lowest BCUT2D eigenvalue weighted by atomic mass is 10.2. The molecule has 0 saturated carbocycles. The number of benzene rings is 1. The lowest BCUT2D eigenvalue weighted by Crippen LogP contribution is -2.11. The first-order valence-electron chi connectivity index (χ1n) is 5.51. The zero-order valence-corrected chi connectivity index (χ0v) is 10.8. The van der Waals surface area contributed by atoms with E-state index < -0.39 is 0 Å². The van der Waals surface area contributed by atoms with Crippen molar-refractivity contribution in [3.8, 4) is 0 Å². The third-order valence-electron chi connectivity index (χ3n) is 2.51. The van der Waals surface area contributed by atoms with Gasteiger partial charge in [-0.3, -0.25) is 10.1 Å². The largest absolute Gasteiger partial charge is 0.432 e. The molecule has 0 spiro atoms. The number of oxazole rings is 1. The molecule has 6 nitrogen and oxygen atoms in total. The second-order valence-corrected chi connectivity index (χ2v) is 5.04. The van der Waals surface area contributed by atoms with Crippen LogP contribution in [0.5, 0.6) is 0 Å². The number of thiazole rings is 1. The molecular weight excluding hydrogens is 264 g/mol. The predicted molar refractivity (Wildman–Crippen MR) is 73.2 cm³/mol. The van der Waals surface area contributed by atoms with Gasteiger partial charge in [-0.25, -0.2) is 4.98 Å². The summed E-state index contributed by atoms with van der Waals surface area (Å²) in [6.07, 6.45) is 1.47. The minimum Gasteiger partial charge on any atom is -0.432 e. The van der Waals surface area contributed by atoms with Gasteiger partial charge in [0.2, 0.25) is 0 Å². The monoisotopic (exact) mass is 274 g/mol. The van der Waals surface area contributed by atoms with Crippen molar-refractivity contribution in [3.05, 3.63) is 35.7 Å². The van der Waals surface area contributed by atoms with Crippen LogP contribution in [0.3, 0.4) is 0 Å². The third kappa shape index (κ3) is 2.27. The first-order valence-corrected chi connectivity index (χ1v) is 6.33. The smallest absolute Gasteiger partial charge is 0.301 e. The van der Waals surface area contributed by atoms with Gasteiger partial charge < -0.3 is 10.2 Å². The molecule has 2 aromatic heterocycles. The van der Waals surface area contributed by atoms with Crippen LogP contribution in [0.2, 0.25) is 0 Å². The van der Waals surface area contributed by atoms with E-state index in [9.17, 15) is 4.79 Å². The van der Waals surface area contributed by atoms with Gasteiger partial charge in [-0.2, -0.15) is 4.98 Å². The highest BCUT2D eigenvalue weighted by Gasteiger charge is 2.11. The maximum absolute atomic E-state index is 12.0. The number of anilines is 2. The zero-order chi connectivity index (χ0) is 13.4. The number of aryl methyl sites for hydroxylation is 1. The third-order valence-corrected chi connectivity index (χ3v) is 3.35. The summed E-state index contributed by atoms with van der Waals surface area (Å²) in [6.45, 7) is 1.78. The van der Waals surface area contributed by atoms with Crippen molar-refractivity contribution < 1.29 is 9.21 Å². The van der Waals surface area contributed by atoms with Crippen LogP contribution in [0, 0.1) is 6.92 Å². The number of nitrogens with two attached hydrogens (primary N) is 1. The number of rotatable bonds is 2. The lowest BCUT2D eigenvalue weighted by molar-refractivity contribution is 0.102. The Kier molecular flexibility index (Phi) is 2.68. The Hall–Kier alpha value is -2.41. The van der Waals surface area contributed by atoms with Crippen molar-refractivity contribution in [3.63, 3.8) is 0 Å². The number of hydrogen-bond acceptors (Lipinski definition) is 6. The molecule has 0 radical (unpaired) electrons. The molecule has 0 fully saturated rings. The van der Waals surface area contributed by atoms with Gasteiger partial charge in [-0.15, -0.1) is 0 Å². The van der Waals surface area contributed by atoms with Crippen LogP contribution in [0.4, 0.5) is 11.1 Å². The van der Waals surface area contributed by atoms with Crippen LogP contribution in [0.1, 0.15) is 16.1 Å². The van der Waals surface area contributed by atoms with Crippen molar-refractivity contribution in [1.82, 2.24) is 9.97 Å². The zero-order valence-electron chi connectivity index (χ0n) is 10.0. The van der Waals surface area contributed by atoms with Crippen LogP contribution in [0.15, 0.2) is 28.9 Å². The normalized spacial score (nSPS) is 10.8. The summed E-state index contributed by atoms with van der Waals surface area (Å²) < 4.78 is 5.94. The Bertz CT molecular complexity index is 762. The van der Waals surface area contributed by atoms with E-state index in [1.807, 2.05) is 0 Å². The SMILES string of the molecule is Cc1coc(NC(=O)c2ccc3nc(N)sc3c2)n1. The van der Waals surface area contributed by atoms with E-state index >= 15 is 0 Å². The summed E-state index contributed by atoms with van der Waals surface area (Å²) in [7, 11) is 0. The number of nitrogen functional groups attached to an aromatic ring is 1. The van der Waals surface area contributed by atoms with Gasteiger partial charge in [-0.05, 0) is 25.1 Å². The van der Waals surface area contributed by atoms with Gasteiger partial charge >= 0.3 is 6.01 Å². The number of carbonyl (C=O) groups is 1. The number of carbonyl (C=O) groups excluding carboxylic acids is 1. The second kappa shape index (κ2) is 4.36. The fraction of sp³-hybridized carbons (Fsp3) is 0.0833. The number of aromatic nitrogens is 2. The minimum atomic E-state index is -0.282. The molecule has 3 aromatic rings. The average molecular weight is 274 g/mol. The molecule has 2 heterocycles. The first kappa shape index (κ1) is 11.7. The number of hydrogen-bond donors (Lipinski definition) is 2. The van der Waals surface area contributed by atoms with Crippen LogP contribution in [-0.4, -0.2) is 15.9 Å². The molecular formula is C12H10N4O2S. The molecule has 0 unspecified atom stereocenters. The van der Waals surface area contributed by atoms with E-state index in [1.54, 1.807) is 25.1 Å². The van der Waals surface area contributed by atoms with E-state index in [0.29, 0.717) is 16.4 Å². The highest BCUT2D eigenvalue weighted by molar-refractivity contribution is 7.22. The van der Waals surface area contributed by atoms with Gasteiger partial charge in [-0.1, -0.05) is 11.3 Å². The molecule has 0 bridgehead atoms. The molecule has 96 valence electrons. The molecule has 0 aliphatic carbocycles. The molecule has 3 N–H and O–H groups in total. The Morgan fingerprint density at radius 2 is 2.26 bits per heavy atom. The summed E-state index contributed by atoms with van der Waals surface area (Å²) in [4.78, 5) is 20.2.